The number of nitrogens with zero attached hydrogens (tertiary/aromatic N) is 4. The largest absolute Gasteiger partial charge is 0.336 e. The average Bonchev–Trinajstić information content (AvgIpc) is 2.98. The van der Waals surface area contributed by atoms with Crippen molar-refractivity contribution >= 4 is 5.95 Å². The Labute approximate surface area is 125 Å². The van der Waals surface area contributed by atoms with Gasteiger partial charge in [-0.25, -0.2) is 9.97 Å². The second kappa shape index (κ2) is 5.92. The normalized spacial score (nSPS) is 19.2. The highest BCUT2D eigenvalue weighted by Crippen LogP contribution is 2.32. The third kappa shape index (κ3) is 2.73. The van der Waals surface area contributed by atoms with Gasteiger partial charge >= 0.3 is 0 Å². The first kappa shape index (κ1) is 13.6. The molecule has 1 aliphatic heterocycles. The topological polar surface area (TPSA) is 52.8 Å². The summed E-state index contributed by atoms with van der Waals surface area (Å²) in [6.45, 7) is 2.88. The standard InChI is InChI=1S/C17H18N4/c1-13-9-10-19-17(20-13)21-11-5-8-16(21)15(12-18)14-6-3-2-4-7-14/h2-4,6-7,9-10,15-16H,5,8,11H2,1H3. The molecule has 2 aromatic rings. The van der Waals surface area contributed by atoms with E-state index in [1.807, 2.05) is 43.3 Å². The first-order valence-electron chi connectivity index (χ1n) is 7.30. The second-order valence-electron chi connectivity index (χ2n) is 5.42. The third-order valence-corrected chi connectivity index (χ3v) is 4.02. The van der Waals surface area contributed by atoms with Crippen LogP contribution in [0.5, 0.6) is 0 Å². The molecule has 4 heteroatoms. The minimum Gasteiger partial charge on any atom is -0.336 e. The molecule has 1 aliphatic rings. The Morgan fingerprint density at radius 3 is 2.81 bits per heavy atom. The maximum absolute atomic E-state index is 9.64. The molecule has 1 aromatic carbocycles. The van der Waals surface area contributed by atoms with Gasteiger partial charge in [0.15, 0.2) is 0 Å². The molecule has 2 heterocycles. The van der Waals surface area contributed by atoms with Crippen LogP contribution in [0.2, 0.25) is 0 Å². The van der Waals surface area contributed by atoms with Crippen molar-refractivity contribution in [2.24, 2.45) is 0 Å². The van der Waals surface area contributed by atoms with Crippen molar-refractivity contribution < 1.29 is 0 Å². The summed E-state index contributed by atoms with van der Waals surface area (Å²) in [5.41, 5.74) is 2.03. The number of nitriles is 1. The van der Waals surface area contributed by atoms with Crippen molar-refractivity contribution in [1.82, 2.24) is 9.97 Å². The molecule has 106 valence electrons. The predicted octanol–water partition coefficient (Wildman–Crippen LogP) is 3.06. The van der Waals surface area contributed by atoms with Crippen LogP contribution in [0, 0.1) is 18.3 Å². The van der Waals surface area contributed by atoms with E-state index in [-0.39, 0.29) is 12.0 Å². The first-order chi connectivity index (χ1) is 10.3. The van der Waals surface area contributed by atoms with Gasteiger partial charge in [-0.15, -0.1) is 0 Å². The number of hydrogen-bond donors (Lipinski definition) is 0. The Morgan fingerprint density at radius 1 is 1.29 bits per heavy atom. The van der Waals surface area contributed by atoms with Gasteiger partial charge in [0.05, 0.1) is 18.0 Å². The van der Waals surface area contributed by atoms with E-state index in [1.165, 1.54) is 0 Å². The van der Waals surface area contributed by atoms with Crippen LogP contribution in [-0.2, 0) is 0 Å². The van der Waals surface area contributed by atoms with Gasteiger partial charge in [0.25, 0.3) is 0 Å². The summed E-state index contributed by atoms with van der Waals surface area (Å²) in [4.78, 5) is 11.1. The lowest BCUT2D eigenvalue weighted by atomic mass is 9.91. The van der Waals surface area contributed by atoms with E-state index in [4.69, 9.17) is 0 Å². The van der Waals surface area contributed by atoms with Crippen molar-refractivity contribution in [1.29, 1.82) is 5.26 Å². The molecule has 21 heavy (non-hydrogen) atoms. The zero-order chi connectivity index (χ0) is 14.7. The molecule has 0 radical (unpaired) electrons. The van der Waals surface area contributed by atoms with Crippen molar-refractivity contribution in [3.05, 3.63) is 53.9 Å². The van der Waals surface area contributed by atoms with Crippen LogP contribution < -0.4 is 4.90 Å². The Morgan fingerprint density at radius 2 is 2.10 bits per heavy atom. The molecule has 0 N–H and O–H groups in total. The molecule has 1 saturated heterocycles. The zero-order valence-corrected chi connectivity index (χ0v) is 12.1. The molecule has 4 nitrogen and oxygen atoms in total. The van der Waals surface area contributed by atoms with Gasteiger partial charge in [0, 0.05) is 18.4 Å². The van der Waals surface area contributed by atoms with Crippen molar-refractivity contribution in [3.63, 3.8) is 0 Å². The number of aromatic nitrogens is 2. The van der Waals surface area contributed by atoms with E-state index in [0.29, 0.717) is 0 Å². The fourth-order valence-corrected chi connectivity index (χ4v) is 3.00. The molecule has 0 bridgehead atoms. The van der Waals surface area contributed by atoms with Crippen molar-refractivity contribution in [3.8, 4) is 6.07 Å². The lowest BCUT2D eigenvalue weighted by Crippen LogP contribution is -2.35. The lowest BCUT2D eigenvalue weighted by molar-refractivity contribution is 0.602. The summed E-state index contributed by atoms with van der Waals surface area (Å²) in [6.07, 6.45) is 3.87. The highest BCUT2D eigenvalue weighted by molar-refractivity contribution is 5.39. The predicted molar refractivity (Wildman–Crippen MR) is 81.9 cm³/mol. The van der Waals surface area contributed by atoms with Gasteiger partial charge < -0.3 is 4.90 Å². The minimum atomic E-state index is -0.141. The van der Waals surface area contributed by atoms with Crippen LogP contribution in [0.1, 0.15) is 30.0 Å². The number of aryl methyl sites for hydroxylation is 1. The number of anilines is 1. The van der Waals surface area contributed by atoms with Crippen LogP contribution in [0.4, 0.5) is 5.95 Å². The molecule has 0 aliphatic carbocycles. The minimum absolute atomic E-state index is 0.141. The summed E-state index contributed by atoms with van der Waals surface area (Å²) in [6, 6.07) is 14.5. The third-order valence-electron chi connectivity index (χ3n) is 4.02. The van der Waals surface area contributed by atoms with Gasteiger partial charge in [-0.1, -0.05) is 30.3 Å². The number of hydrogen-bond acceptors (Lipinski definition) is 4. The van der Waals surface area contributed by atoms with E-state index < -0.39 is 0 Å². The quantitative estimate of drug-likeness (QED) is 0.866. The Bertz CT molecular complexity index is 647. The van der Waals surface area contributed by atoms with E-state index in [0.717, 1.165) is 36.6 Å². The molecular formula is C17H18N4. The summed E-state index contributed by atoms with van der Waals surface area (Å²) >= 11 is 0. The Balaban J connectivity index is 1.91. The average molecular weight is 278 g/mol. The van der Waals surface area contributed by atoms with Crippen LogP contribution in [0.15, 0.2) is 42.6 Å². The molecule has 0 saturated carbocycles. The first-order valence-corrected chi connectivity index (χ1v) is 7.30. The fraction of sp³-hybridized carbons (Fsp3) is 0.353. The van der Waals surface area contributed by atoms with Crippen molar-refractivity contribution in [2.45, 2.75) is 31.7 Å². The van der Waals surface area contributed by atoms with Crippen molar-refractivity contribution in [2.75, 3.05) is 11.4 Å². The summed E-state index contributed by atoms with van der Waals surface area (Å²) in [7, 11) is 0. The summed E-state index contributed by atoms with van der Waals surface area (Å²) < 4.78 is 0. The summed E-state index contributed by atoms with van der Waals surface area (Å²) in [5, 5.41) is 9.64. The molecule has 3 rings (SSSR count). The maximum Gasteiger partial charge on any atom is 0.225 e. The smallest absolute Gasteiger partial charge is 0.225 e. The molecule has 2 unspecified atom stereocenters. The van der Waals surface area contributed by atoms with E-state index >= 15 is 0 Å². The van der Waals surface area contributed by atoms with Crippen LogP contribution in [0.25, 0.3) is 0 Å². The highest BCUT2D eigenvalue weighted by Gasteiger charge is 2.34. The fourth-order valence-electron chi connectivity index (χ4n) is 3.00. The zero-order valence-electron chi connectivity index (χ0n) is 12.1. The molecule has 0 spiro atoms. The summed E-state index contributed by atoms with van der Waals surface area (Å²) in [5.74, 6) is 0.603. The van der Waals surface area contributed by atoms with Gasteiger partial charge in [0.2, 0.25) is 5.95 Å². The molecule has 0 amide bonds. The molecule has 1 aromatic heterocycles. The van der Waals surface area contributed by atoms with Crippen LogP contribution >= 0.6 is 0 Å². The lowest BCUT2D eigenvalue weighted by Gasteiger charge is -2.28. The van der Waals surface area contributed by atoms with Crippen LogP contribution in [0.3, 0.4) is 0 Å². The maximum atomic E-state index is 9.64. The Kier molecular flexibility index (Phi) is 3.83. The van der Waals surface area contributed by atoms with Gasteiger partial charge in [-0.3, -0.25) is 0 Å². The van der Waals surface area contributed by atoms with Gasteiger partial charge in [-0.05, 0) is 31.4 Å². The molecule has 2 atom stereocenters. The molecule has 1 fully saturated rings. The van der Waals surface area contributed by atoms with Gasteiger partial charge in [0.1, 0.15) is 0 Å². The number of benzene rings is 1. The Hall–Kier alpha value is -2.41. The second-order valence-corrected chi connectivity index (χ2v) is 5.42. The highest BCUT2D eigenvalue weighted by atomic mass is 15.3. The molecular weight excluding hydrogens is 260 g/mol. The SMILES string of the molecule is Cc1ccnc(N2CCCC2C(C#N)c2ccccc2)n1. The number of rotatable bonds is 3. The monoisotopic (exact) mass is 278 g/mol. The van der Waals surface area contributed by atoms with Gasteiger partial charge in [-0.2, -0.15) is 5.26 Å². The van der Waals surface area contributed by atoms with E-state index in [9.17, 15) is 5.26 Å². The van der Waals surface area contributed by atoms with E-state index in [1.54, 1.807) is 6.20 Å². The van der Waals surface area contributed by atoms with E-state index in [2.05, 4.69) is 20.9 Å². The van der Waals surface area contributed by atoms with Crippen LogP contribution in [-0.4, -0.2) is 22.6 Å².